The van der Waals surface area contributed by atoms with Crippen LogP contribution in [0.3, 0.4) is 0 Å². The predicted octanol–water partition coefficient (Wildman–Crippen LogP) is 4.04. The molecule has 3 aromatic heterocycles. The van der Waals surface area contributed by atoms with Gasteiger partial charge in [-0.05, 0) is 54.8 Å². The molecule has 2 fully saturated rings. The van der Waals surface area contributed by atoms with E-state index in [-0.39, 0.29) is 30.3 Å². The van der Waals surface area contributed by atoms with Crippen LogP contribution in [0.2, 0.25) is 0 Å². The highest BCUT2D eigenvalue weighted by atomic mass is 19.1. The van der Waals surface area contributed by atoms with E-state index >= 15 is 4.39 Å². The van der Waals surface area contributed by atoms with Crippen LogP contribution in [0.25, 0.3) is 11.2 Å². The number of hydrogen-bond acceptors (Lipinski definition) is 14. The van der Waals surface area contributed by atoms with E-state index in [4.69, 9.17) is 28.4 Å². The van der Waals surface area contributed by atoms with E-state index in [1.165, 1.54) is 29.1 Å². The average molecular weight is 981 g/mol. The summed E-state index contributed by atoms with van der Waals surface area (Å²) in [5, 5.41) is 14.1. The van der Waals surface area contributed by atoms with Gasteiger partial charge in [0.15, 0.2) is 29.8 Å². The number of benzene rings is 3. The fourth-order valence-electron chi connectivity index (χ4n) is 9.20. The zero-order valence-electron chi connectivity index (χ0n) is 40.2. The van der Waals surface area contributed by atoms with Crippen LogP contribution >= 0.6 is 0 Å². The summed E-state index contributed by atoms with van der Waals surface area (Å²) in [5.41, 5.74) is -1.61. The molecule has 8 atom stereocenters. The SMILES string of the molecule is COc1ccc(C(OC[C@H]2O[C@@H](n3cnc4c(=O)[nH]c(NC(=O)C(C)C)nc43)[C@H](F)[C@@H]2CC(=O)N(C[C@H]2O[C@@H](n3ccc(=O)[nH]c3=O)[C@H](OC)[C@@H]2O)C(C)C)(c2ccccc2)c2ccc(OC)cc2)cc1. The Bertz CT molecular complexity index is 2950. The number of nitrogens with zero attached hydrogens (tertiary/aromatic N) is 5. The molecule has 71 heavy (non-hydrogen) atoms. The van der Waals surface area contributed by atoms with E-state index in [1.54, 1.807) is 66.2 Å². The lowest BCUT2D eigenvalue weighted by molar-refractivity contribution is -0.139. The number of imidazole rings is 1. The first-order chi connectivity index (χ1) is 34.1. The molecule has 0 spiro atoms. The van der Waals surface area contributed by atoms with Crippen molar-refractivity contribution in [3.8, 4) is 11.5 Å². The molecule has 8 rings (SSSR count). The second-order valence-corrected chi connectivity index (χ2v) is 18.0. The number of anilines is 1. The smallest absolute Gasteiger partial charge is 0.330 e. The number of nitrogens with one attached hydrogen (secondary N) is 3. The van der Waals surface area contributed by atoms with Crippen molar-refractivity contribution < 1.29 is 47.5 Å². The summed E-state index contributed by atoms with van der Waals surface area (Å²) in [6.45, 7) is 6.36. The van der Waals surface area contributed by atoms with Gasteiger partial charge in [-0.15, -0.1) is 0 Å². The van der Waals surface area contributed by atoms with Gasteiger partial charge in [0.2, 0.25) is 17.8 Å². The van der Waals surface area contributed by atoms with Gasteiger partial charge in [-0.1, -0.05) is 68.4 Å². The van der Waals surface area contributed by atoms with Gasteiger partial charge < -0.3 is 38.4 Å². The molecule has 5 heterocycles. The normalized spacial score (nSPS) is 22.3. The molecule has 21 heteroatoms. The van der Waals surface area contributed by atoms with E-state index < -0.39 is 102 Å². The first-order valence-electron chi connectivity index (χ1n) is 23.1. The largest absolute Gasteiger partial charge is 0.497 e. The van der Waals surface area contributed by atoms with Gasteiger partial charge in [0.25, 0.3) is 11.1 Å². The van der Waals surface area contributed by atoms with Gasteiger partial charge in [0, 0.05) is 50.2 Å². The third-order valence-electron chi connectivity index (χ3n) is 13.0. The minimum Gasteiger partial charge on any atom is -0.497 e. The van der Waals surface area contributed by atoms with Gasteiger partial charge in [-0.2, -0.15) is 4.98 Å². The predicted molar refractivity (Wildman–Crippen MR) is 256 cm³/mol. The minimum absolute atomic E-state index is 0.0813. The van der Waals surface area contributed by atoms with E-state index in [0.717, 1.165) is 10.6 Å². The number of aliphatic hydroxyl groups is 1. The number of rotatable bonds is 18. The Labute approximate surface area is 406 Å². The number of aromatic nitrogens is 6. The van der Waals surface area contributed by atoms with Crippen molar-refractivity contribution in [1.82, 2.24) is 34.0 Å². The summed E-state index contributed by atoms with van der Waals surface area (Å²) in [7, 11) is 4.46. The first kappa shape index (κ1) is 50.4. The third-order valence-corrected chi connectivity index (χ3v) is 13.0. The van der Waals surface area contributed by atoms with Crippen molar-refractivity contribution in [2.24, 2.45) is 11.8 Å². The zero-order chi connectivity index (χ0) is 50.7. The second kappa shape index (κ2) is 21.1. The number of alkyl halides is 1. The number of hydrogen-bond donors (Lipinski definition) is 4. The molecule has 4 N–H and O–H groups in total. The monoisotopic (exact) mass is 980 g/mol. The number of H-pyrrole nitrogens is 2. The molecule has 0 bridgehead atoms. The van der Waals surface area contributed by atoms with Crippen LogP contribution in [0.15, 0.2) is 112 Å². The maximum absolute atomic E-state index is 17.8. The van der Waals surface area contributed by atoms with Crippen LogP contribution in [0.5, 0.6) is 11.5 Å². The lowest BCUT2D eigenvalue weighted by Gasteiger charge is -2.37. The van der Waals surface area contributed by atoms with Gasteiger partial charge >= 0.3 is 5.69 Å². The third kappa shape index (κ3) is 10.00. The van der Waals surface area contributed by atoms with E-state index in [2.05, 4.69) is 25.3 Å². The van der Waals surface area contributed by atoms with Crippen LogP contribution in [0.4, 0.5) is 10.3 Å². The molecular weight excluding hydrogens is 924 g/mol. The number of aromatic amines is 2. The highest BCUT2D eigenvalue weighted by molar-refractivity contribution is 5.91. The summed E-state index contributed by atoms with van der Waals surface area (Å²) in [6, 6.07) is 24.8. The van der Waals surface area contributed by atoms with Gasteiger partial charge in [0.05, 0.1) is 33.3 Å². The van der Waals surface area contributed by atoms with Crippen molar-refractivity contribution in [2.75, 3.05) is 39.8 Å². The molecule has 2 aliphatic heterocycles. The molecule has 2 amide bonds. The Kier molecular flexibility index (Phi) is 15.0. The van der Waals surface area contributed by atoms with Crippen LogP contribution in [0.1, 0.15) is 63.3 Å². The Hall–Kier alpha value is -7.04. The molecule has 376 valence electrons. The summed E-state index contributed by atoms with van der Waals surface area (Å²) in [5.74, 6) is -1.61. The highest BCUT2D eigenvalue weighted by Crippen LogP contribution is 2.45. The standard InChI is InChI=1S/C50H57FN8O12/c1-27(2)44(63)55-48-54-43-40(45(64)56-48)52-26-59(43)46-39(51)34(23-38(61)58(28(3)4)24-35-41(62)42(68-7)47(70-35)57-22-21-37(60)53-49(57)65)36(71-46)25-69-50(29-11-9-8-10-12-29,30-13-17-32(66-5)18-14-30)31-15-19-33(67-6)20-16-31/h8-22,26-28,34-36,39,41-42,46-47,62H,23-25H2,1-7H3,(H,53,60,65)(H2,54,55,56,63,64)/t34-,35-,36-,39-,41-,42-,46-,47-/m1/s1. The maximum Gasteiger partial charge on any atom is 0.330 e. The molecule has 2 aliphatic rings. The Morgan fingerprint density at radius 3 is 2.04 bits per heavy atom. The van der Waals surface area contributed by atoms with Crippen molar-refractivity contribution in [3.63, 3.8) is 0 Å². The second-order valence-electron chi connectivity index (χ2n) is 18.0. The highest BCUT2D eigenvalue weighted by Gasteiger charge is 2.51. The van der Waals surface area contributed by atoms with Crippen molar-refractivity contribution in [1.29, 1.82) is 0 Å². The molecule has 3 aromatic carbocycles. The summed E-state index contributed by atoms with van der Waals surface area (Å²) >= 11 is 0. The van der Waals surface area contributed by atoms with Crippen molar-refractivity contribution in [3.05, 3.63) is 145 Å². The van der Waals surface area contributed by atoms with Crippen LogP contribution in [-0.4, -0.2) is 122 Å². The number of aliphatic hydroxyl groups excluding tert-OH is 1. The number of ether oxygens (including phenoxy) is 6. The molecule has 0 aliphatic carbocycles. The van der Waals surface area contributed by atoms with Crippen LogP contribution in [-0.2, 0) is 34.1 Å². The van der Waals surface area contributed by atoms with Gasteiger partial charge in [0.1, 0.15) is 35.4 Å². The fourth-order valence-corrected chi connectivity index (χ4v) is 9.20. The average Bonchev–Trinajstić information content (AvgIpc) is 4.03. The number of fused-ring (bicyclic) bond motifs is 1. The number of methoxy groups -OCH3 is 3. The van der Waals surface area contributed by atoms with E-state index in [0.29, 0.717) is 28.2 Å². The topological polar surface area (TPSA) is 243 Å². The zero-order valence-corrected chi connectivity index (χ0v) is 40.2. The minimum atomic E-state index is -1.95. The quantitative estimate of drug-likeness (QED) is 0.0889. The van der Waals surface area contributed by atoms with Crippen molar-refractivity contribution in [2.45, 2.75) is 88.8 Å². The van der Waals surface area contributed by atoms with Crippen molar-refractivity contribution >= 4 is 28.9 Å². The molecule has 20 nitrogen and oxygen atoms in total. The lowest BCUT2D eigenvalue weighted by atomic mass is 9.80. The molecule has 0 saturated carbocycles. The lowest BCUT2D eigenvalue weighted by Crippen LogP contribution is -2.47. The number of amides is 2. The van der Waals surface area contributed by atoms with E-state index in [9.17, 15) is 29.1 Å². The fraction of sp³-hybridized carbons (Fsp3) is 0.420. The Balaban J connectivity index is 1.17. The first-order valence-corrected chi connectivity index (χ1v) is 23.1. The van der Waals surface area contributed by atoms with Gasteiger partial charge in [-0.25, -0.2) is 14.2 Å². The molecule has 0 radical (unpaired) electrons. The molecule has 2 saturated heterocycles. The summed E-state index contributed by atoms with van der Waals surface area (Å²) in [6.07, 6.45) is -7.27. The summed E-state index contributed by atoms with van der Waals surface area (Å²) < 4.78 is 56.8. The Morgan fingerprint density at radius 1 is 0.845 bits per heavy atom. The van der Waals surface area contributed by atoms with E-state index in [1.807, 2.05) is 54.6 Å². The number of carbonyl (C=O) groups excluding carboxylic acids is 2. The van der Waals surface area contributed by atoms with Crippen LogP contribution < -0.4 is 31.6 Å². The summed E-state index contributed by atoms with van der Waals surface area (Å²) in [4.78, 5) is 80.3. The molecular formula is C50H57FN8O12. The molecule has 6 aromatic rings. The Morgan fingerprint density at radius 2 is 1.46 bits per heavy atom. The number of carbonyl (C=O) groups is 2. The maximum atomic E-state index is 17.8. The number of halogens is 1. The van der Waals surface area contributed by atoms with Gasteiger partial charge in [-0.3, -0.25) is 43.6 Å². The van der Waals surface area contributed by atoms with Crippen LogP contribution in [0, 0.1) is 11.8 Å². The molecule has 0 unspecified atom stereocenters.